The van der Waals surface area contributed by atoms with Crippen molar-refractivity contribution in [3.63, 3.8) is 0 Å². The van der Waals surface area contributed by atoms with E-state index in [-0.39, 0.29) is 30.1 Å². The van der Waals surface area contributed by atoms with E-state index in [4.69, 9.17) is 5.11 Å². The summed E-state index contributed by atoms with van der Waals surface area (Å²) in [5.74, 6) is -2.15. The van der Waals surface area contributed by atoms with Gasteiger partial charge in [-0.2, -0.15) is 5.10 Å². The maximum Gasteiger partial charge on any atom is 0.353 e. The topological polar surface area (TPSA) is 138 Å². The minimum absolute atomic E-state index is 0.0155. The third-order valence-electron chi connectivity index (χ3n) is 2.09. The van der Waals surface area contributed by atoms with Crippen molar-refractivity contribution in [1.82, 2.24) is 10.2 Å². The first-order valence-electron chi connectivity index (χ1n) is 5.20. The lowest BCUT2D eigenvalue weighted by Crippen LogP contribution is -2.18. The van der Waals surface area contributed by atoms with E-state index in [0.29, 0.717) is 0 Å². The van der Waals surface area contributed by atoms with Crippen LogP contribution in [0.15, 0.2) is 6.07 Å². The van der Waals surface area contributed by atoms with Crippen molar-refractivity contribution in [2.45, 2.75) is 12.8 Å². The zero-order valence-corrected chi connectivity index (χ0v) is 10.9. The Bertz CT molecular complexity index is 564. The quantitative estimate of drug-likeness (QED) is 0.591. The number of methoxy groups -OCH3 is 1. The first kappa shape index (κ1) is 15.0. The van der Waals surface area contributed by atoms with Crippen molar-refractivity contribution in [2.24, 2.45) is 0 Å². The number of carbonyl (C=O) groups is 2. The molecule has 3 N–H and O–H groups in total. The number of anilines is 1. The van der Waals surface area contributed by atoms with Crippen LogP contribution >= 0.6 is 0 Å². The number of carboxylic acid groups (broad SMARTS) is 1. The molecular formula is C9H13N3O6S. The van der Waals surface area contributed by atoms with E-state index < -0.39 is 22.0 Å². The molecule has 106 valence electrons. The Labute approximate surface area is 109 Å². The molecule has 0 aliphatic rings. The fourth-order valence-electron chi connectivity index (χ4n) is 1.20. The molecular weight excluding hydrogens is 278 g/mol. The molecule has 0 aromatic carbocycles. The van der Waals surface area contributed by atoms with Crippen LogP contribution in [0.1, 0.15) is 23.3 Å². The number of carbonyl (C=O) groups excluding carboxylic acids is 1. The van der Waals surface area contributed by atoms with Gasteiger partial charge in [-0.05, 0) is 6.42 Å². The van der Waals surface area contributed by atoms with Gasteiger partial charge in [-0.25, -0.2) is 13.2 Å². The van der Waals surface area contributed by atoms with Crippen molar-refractivity contribution in [2.75, 3.05) is 17.6 Å². The van der Waals surface area contributed by atoms with E-state index >= 15 is 0 Å². The highest BCUT2D eigenvalue weighted by Gasteiger charge is 2.15. The third-order valence-corrected chi connectivity index (χ3v) is 3.44. The molecule has 19 heavy (non-hydrogen) atoms. The molecule has 0 fully saturated rings. The van der Waals surface area contributed by atoms with Crippen LogP contribution in [0.3, 0.4) is 0 Å². The number of sulfonamides is 1. The Kier molecular flexibility index (Phi) is 4.87. The summed E-state index contributed by atoms with van der Waals surface area (Å²) in [6, 6.07) is 1.06. The van der Waals surface area contributed by atoms with Gasteiger partial charge in [0.2, 0.25) is 10.0 Å². The van der Waals surface area contributed by atoms with Crippen molar-refractivity contribution in [3.8, 4) is 0 Å². The number of hydrogen-bond donors (Lipinski definition) is 3. The van der Waals surface area contributed by atoms with Gasteiger partial charge in [0.05, 0.1) is 12.9 Å². The van der Waals surface area contributed by atoms with Crippen molar-refractivity contribution in [1.29, 1.82) is 0 Å². The normalized spacial score (nSPS) is 11.0. The maximum atomic E-state index is 11.6. The van der Waals surface area contributed by atoms with Crippen LogP contribution in [-0.4, -0.2) is 48.5 Å². The zero-order valence-electron chi connectivity index (χ0n) is 10.0. The van der Waals surface area contributed by atoms with Gasteiger partial charge < -0.3 is 9.84 Å². The van der Waals surface area contributed by atoms with Crippen LogP contribution in [0, 0.1) is 0 Å². The summed E-state index contributed by atoms with van der Waals surface area (Å²) in [5.41, 5.74) is -0.229. The summed E-state index contributed by atoms with van der Waals surface area (Å²) >= 11 is 0. The number of rotatable bonds is 7. The molecule has 0 aliphatic carbocycles. The molecule has 0 aliphatic heterocycles. The minimum atomic E-state index is -3.68. The molecule has 10 heteroatoms. The number of H-pyrrole nitrogens is 1. The van der Waals surface area contributed by atoms with Gasteiger partial charge in [0.15, 0.2) is 5.82 Å². The van der Waals surface area contributed by atoms with E-state index in [1.54, 1.807) is 0 Å². The average molecular weight is 291 g/mol. The number of carboxylic acids is 1. The molecule has 0 bridgehead atoms. The van der Waals surface area contributed by atoms with Gasteiger partial charge in [0.1, 0.15) is 5.69 Å². The second-order valence-electron chi connectivity index (χ2n) is 3.57. The average Bonchev–Trinajstić information content (AvgIpc) is 2.76. The van der Waals surface area contributed by atoms with Crippen LogP contribution < -0.4 is 4.72 Å². The summed E-state index contributed by atoms with van der Waals surface area (Å²) in [4.78, 5) is 21.4. The van der Waals surface area contributed by atoms with Crippen LogP contribution in [0.25, 0.3) is 0 Å². The Morgan fingerprint density at radius 3 is 2.74 bits per heavy atom. The monoisotopic (exact) mass is 291 g/mol. The van der Waals surface area contributed by atoms with Crippen LogP contribution in [0.5, 0.6) is 0 Å². The van der Waals surface area contributed by atoms with Crippen LogP contribution in [0.2, 0.25) is 0 Å². The molecule has 0 amide bonds. The Hall–Kier alpha value is -2.10. The number of aromatic carboxylic acids is 1. The largest absolute Gasteiger partial charge is 0.477 e. The van der Waals surface area contributed by atoms with Crippen molar-refractivity contribution < 1.29 is 27.9 Å². The molecule has 0 unspecified atom stereocenters. The highest BCUT2D eigenvalue weighted by atomic mass is 32.2. The van der Waals surface area contributed by atoms with Gasteiger partial charge in [-0.15, -0.1) is 0 Å². The molecule has 0 radical (unpaired) electrons. The SMILES string of the molecule is COC(=O)CCCS(=O)(=O)Nc1cc(C(=O)O)[nH]n1. The Morgan fingerprint density at radius 2 is 2.21 bits per heavy atom. The number of aromatic amines is 1. The number of nitrogens with zero attached hydrogens (tertiary/aromatic N) is 1. The number of esters is 1. The molecule has 0 atom stereocenters. The summed E-state index contributed by atoms with van der Waals surface area (Å²) < 4.78 is 29.6. The van der Waals surface area contributed by atoms with E-state index in [1.807, 2.05) is 0 Å². The highest BCUT2D eigenvalue weighted by Crippen LogP contribution is 2.09. The number of ether oxygens (including phenoxy) is 1. The third kappa shape index (κ3) is 4.95. The summed E-state index contributed by atoms with van der Waals surface area (Å²) in [6.45, 7) is 0. The Morgan fingerprint density at radius 1 is 1.53 bits per heavy atom. The fraction of sp³-hybridized carbons (Fsp3) is 0.444. The molecule has 0 saturated heterocycles. The first-order chi connectivity index (χ1) is 8.84. The zero-order chi connectivity index (χ0) is 14.5. The van der Waals surface area contributed by atoms with Gasteiger partial charge in [0, 0.05) is 12.5 Å². The van der Waals surface area contributed by atoms with Crippen LogP contribution in [0.4, 0.5) is 5.82 Å². The molecule has 1 rings (SSSR count). The fourth-order valence-corrected chi connectivity index (χ4v) is 2.25. The van der Waals surface area contributed by atoms with E-state index in [9.17, 15) is 18.0 Å². The number of aromatic nitrogens is 2. The summed E-state index contributed by atoms with van der Waals surface area (Å²) in [7, 11) is -2.47. The summed E-state index contributed by atoms with van der Waals surface area (Å²) in [5, 5.41) is 14.3. The smallest absolute Gasteiger partial charge is 0.353 e. The molecule has 1 aromatic rings. The lowest BCUT2D eigenvalue weighted by atomic mass is 10.3. The predicted octanol–water partition coefficient (Wildman–Crippen LogP) is -0.197. The minimum Gasteiger partial charge on any atom is -0.477 e. The summed E-state index contributed by atoms with van der Waals surface area (Å²) in [6.07, 6.45) is 0.0799. The maximum absolute atomic E-state index is 11.6. The standard InChI is InChI=1S/C9H13N3O6S/c1-18-8(13)3-2-4-19(16,17)12-7-5-6(9(14)15)10-11-7/h5H,2-4H2,1H3,(H,14,15)(H2,10,11,12). The van der Waals surface area contributed by atoms with Gasteiger partial charge in [-0.3, -0.25) is 14.6 Å². The van der Waals surface area contributed by atoms with Gasteiger partial charge in [-0.1, -0.05) is 0 Å². The van der Waals surface area contributed by atoms with E-state index in [0.717, 1.165) is 6.07 Å². The highest BCUT2D eigenvalue weighted by molar-refractivity contribution is 7.92. The predicted molar refractivity (Wildman–Crippen MR) is 64.2 cm³/mol. The molecule has 0 spiro atoms. The van der Waals surface area contributed by atoms with E-state index in [1.165, 1.54) is 7.11 Å². The lowest BCUT2D eigenvalue weighted by molar-refractivity contribution is -0.140. The number of nitrogens with one attached hydrogen (secondary N) is 2. The molecule has 1 heterocycles. The van der Waals surface area contributed by atoms with Crippen LogP contribution in [-0.2, 0) is 19.6 Å². The Balaban J connectivity index is 2.54. The molecule has 0 saturated carbocycles. The van der Waals surface area contributed by atoms with Crippen molar-refractivity contribution >= 4 is 27.8 Å². The second-order valence-corrected chi connectivity index (χ2v) is 5.41. The van der Waals surface area contributed by atoms with Gasteiger partial charge >= 0.3 is 11.9 Å². The van der Waals surface area contributed by atoms with E-state index in [2.05, 4.69) is 19.7 Å². The molecule has 1 aromatic heterocycles. The van der Waals surface area contributed by atoms with Gasteiger partial charge in [0.25, 0.3) is 0 Å². The number of hydrogen-bond acceptors (Lipinski definition) is 6. The first-order valence-corrected chi connectivity index (χ1v) is 6.85. The second kappa shape index (κ2) is 6.18. The molecule has 9 nitrogen and oxygen atoms in total. The van der Waals surface area contributed by atoms with Crippen molar-refractivity contribution in [3.05, 3.63) is 11.8 Å². The lowest BCUT2D eigenvalue weighted by Gasteiger charge is -2.04.